The van der Waals surface area contributed by atoms with E-state index in [1.165, 1.54) is 11.3 Å². The van der Waals surface area contributed by atoms with E-state index in [-0.39, 0.29) is 30.4 Å². The van der Waals surface area contributed by atoms with Crippen LogP contribution in [0.25, 0.3) is 10.2 Å². The van der Waals surface area contributed by atoms with Crippen molar-refractivity contribution in [3.8, 4) is 0 Å². The van der Waals surface area contributed by atoms with Crippen molar-refractivity contribution in [2.75, 3.05) is 26.2 Å². The van der Waals surface area contributed by atoms with Gasteiger partial charge in [0, 0.05) is 26.2 Å². The third-order valence-electron chi connectivity index (χ3n) is 2.95. The minimum Gasteiger partial charge on any atom is -0.314 e. The predicted molar refractivity (Wildman–Crippen MR) is 82.9 cm³/mol. The molecule has 0 spiro atoms. The van der Waals surface area contributed by atoms with Gasteiger partial charge in [0.2, 0.25) is 0 Å². The Morgan fingerprint density at radius 3 is 2.79 bits per heavy atom. The summed E-state index contributed by atoms with van der Waals surface area (Å²) in [5, 5.41) is 5.21. The number of rotatable bonds is 2. The zero-order valence-corrected chi connectivity index (χ0v) is 12.7. The van der Waals surface area contributed by atoms with Crippen molar-refractivity contribution in [2.45, 2.75) is 6.54 Å². The molecule has 5 nitrogen and oxygen atoms in total. The molecule has 106 valence electrons. The van der Waals surface area contributed by atoms with Crippen molar-refractivity contribution in [1.82, 2.24) is 20.2 Å². The summed E-state index contributed by atoms with van der Waals surface area (Å²) in [6, 6.07) is 1.90. The third kappa shape index (κ3) is 3.67. The molecule has 1 aliphatic rings. The van der Waals surface area contributed by atoms with Gasteiger partial charge in [0.15, 0.2) is 0 Å². The maximum absolute atomic E-state index is 11.8. The van der Waals surface area contributed by atoms with Crippen molar-refractivity contribution in [1.29, 1.82) is 0 Å². The molecule has 0 atom stereocenters. The first-order valence-electron chi connectivity index (χ1n) is 5.72. The molecule has 2 aromatic rings. The van der Waals surface area contributed by atoms with Gasteiger partial charge in [0.05, 0.1) is 12.1 Å². The molecule has 8 heteroatoms. The van der Waals surface area contributed by atoms with E-state index in [9.17, 15) is 4.79 Å². The van der Waals surface area contributed by atoms with E-state index in [1.807, 2.05) is 11.4 Å². The second-order valence-electron chi connectivity index (χ2n) is 4.17. The number of halogens is 2. The standard InChI is InChI=1S/C11H14N4OS.2ClH/c16-11-10-8(1-6-17-10)13-9(14-11)7-15-4-2-12-3-5-15;;/h1,6,12H,2-5,7H2,(H,13,14,16);2*1H. The Bertz CT molecular complexity index is 579. The predicted octanol–water partition coefficient (Wildman–Crippen LogP) is 1.23. The molecule has 1 fully saturated rings. The number of nitrogens with zero attached hydrogens (tertiary/aromatic N) is 2. The van der Waals surface area contributed by atoms with Crippen LogP contribution in [0.1, 0.15) is 5.82 Å². The topological polar surface area (TPSA) is 61.0 Å². The minimum atomic E-state index is -0.0184. The van der Waals surface area contributed by atoms with Gasteiger partial charge in [-0.3, -0.25) is 9.69 Å². The van der Waals surface area contributed by atoms with Gasteiger partial charge in [0.25, 0.3) is 5.56 Å². The van der Waals surface area contributed by atoms with Crippen LogP contribution in [0.15, 0.2) is 16.2 Å². The van der Waals surface area contributed by atoms with Crippen molar-refractivity contribution in [3.63, 3.8) is 0 Å². The van der Waals surface area contributed by atoms with Crippen LogP contribution in [-0.2, 0) is 6.54 Å². The van der Waals surface area contributed by atoms with Crippen LogP contribution in [0.2, 0.25) is 0 Å². The number of piperazine rings is 1. The molecule has 0 bridgehead atoms. The van der Waals surface area contributed by atoms with Crippen LogP contribution in [0.3, 0.4) is 0 Å². The molecule has 0 aromatic carbocycles. The number of hydrogen-bond acceptors (Lipinski definition) is 5. The Hall–Kier alpha value is -0.660. The molecule has 0 saturated carbocycles. The molecule has 0 aliphatic carbocycles. The quantitative estimate of drug-likeness (QED) is 0.873. The van der Waals surface area contributed by atoms with Crippen molar-refractivity contribution in [3.05, 3.63) is 27.6 Å². The smallest absolute Gasteiger partial charge is 0.268 e. The highest BCUT2D eigenvalue weighted by molar-refractivity contribution is 7.17. The van der Waals surface area contributed by atoms with Crippen molar-refractivity contribution in [2.24, 2.45) is 0 Å². The second-order valence-corrected chi connectivity index (χ2v) is 5.09. The Kier molecular flexibility index (Phi) is 6.22. The van der Waals surface area contributed by atoms with Crippen molar-refractivity contribution >= 4 is 46.4 Å². The summed E-state index contributed by atoms with van der Waals surface area (Å²) in [7, 11) is 0. The first-order chi connectivity index (χ1) is 8.33. The van der Waals surface area contributed by atoms with Crippen LogP contribution in [0.4, 0.5) is 0 Å². The molecular formula is C11H16Cl2N4OS. The number of thiophene rings is 1. The molecule has 0 unspecified atom stereocenters. The number of fused-ring (bicyclic) bond motifs is 1. The van der Waals surface area contributed by atoms with Gasteiger partial charge in [-0.2, -0.15) is 0 Å². The van der Waals surface area contributed by atoms with Gasteiger partial charge in [0.1, 0.15) is 10.5 Å². The zero-order valence-electron chi connectivity index (χ0n) is 10.2. The highest BCUT2D eigenvalue weighted by atomic mass is 35.5. The second kappa shape index (κ2) is 7.21. The molecule has 1 aliphatic heterocycles. The van der Waals surface area contributed by atoms with E-state index in [2.05, 4.69) is 20.2 Å². The van der Waals surface area contributed by atoms with Crippen molar-refractivity contribution < 1.29 is 0 Å². The van der Waals surface area contributed by atoms with Gasteiger partial charge in [-0.1, -0.05) is 0 Å². The summed E-state index contributed by atoms with van der Waals surface area (Å²) < 4.78 is 0.717. The van der Waals surface area contributed by atoms with Gasteiger partial charge in [-0.25, -0.2) is 4.98 Å². The van der Waals surface area contributed by atoms with E-state index in [0.29, 0.717) is 4.70 Å². The first kappa shape index (κ1) is 16.4. The van der Waals surface area contributed by atoms with E-state index in [0.717, 1.165) is 44.1 Å². The molecule has 1 saturated heterocycles. The molecule has 2 N–H and O–H groups in total. The average Bonchev–Trinajstić information content (AvgIpc) is 2.79. The third-order valence-corrected chi connectivity index (χ3v) is 3.85. The lowest BCUT2D eigenvalue weighted by Crippen LogP contribution is -2.43. The van der Waals surface area contributed by atoms with Gasteiger partial charge < -0.3 is 10.3 Å². The van der Waals surface area contributed by atoms with E-state index in [4.69, 9.17) is 0 Å². The van der Waals surface area contributed by atoms with Crippen LogP contribution in [0, 0.1) is 0 Å². The Labute approximate surface area is 127 Å². The monoisotopic (exact) mass is 322 g/mol. The fraction of sp³-hybridized carbons (Fsp3) is 0.455. The van der Waals surface area contributed by atoms with Gasteiger partial charge in [-0.15, -0.1) is 36.2 Å². The fourth-order valence-electron chi connectivity index (χ4n) is 2.08. The highest BCUT2D eigenvalue weighted by Gasteiger charge is 2.12. The van der Waals surface area contributed by atoms with E-state index in [1.54, 1.807) is 0 Å². The average molecular weight is 323 g/mol. The molecule has 2 aromatic heterocycles. The lowest BCUT2D eigenvalue weighted by atomic mass is 10.3. The maximum Gasteiger partial charge on any atom is 0.268 e. The van der Waals surface area contributed by atoms with E-state index >= 15 is 0 Å². The van der Waals surface area contributed by atoms with Gasteiger partial charge in [-0.05, 0) is 11.4 Å². The lowest BCUT2D eigenvalue weighted by molar-refractivity contribution is 0.228. The highest BCUT2D eigenvalue weighted by Crippen LogP contribution is 2.14. The van der Waals surface area contributed by atoms with Crippen LogP contribution >= 0.6 is 36.2 Å². The molecule has 0 radical (unpaired) electrons. The first-order valence-corrected chi connectivity index (χ1v) is 6.60. The Balaban J connectivity index is 0.000000902. The summed E-state index contributed by atoms with van der Waals surface area (Å²) >= 11 is 1.44. The Morgan fingerprint density at radius 1 is 1.32 bits per heavy atom. The van der Waals surface area contributed by atoms with Gasteiger partial charge >= 0.3 is 0 Å². The maximum atomic E-state index is 11.8. The van der Waals surface area contributed by atoms with E-state index < -0.39 is 0 Å². The largest absolute Gasteiger partial charge is 0.314 e. The Morgan fingerprint density at radius 2 is 2.05 bits per heavy atom. The number of aromatic nitrogens is 2. The SMILES string of the molecule is Cl.Cl.O=c1[nH]c(CN2CCNCC2)nc2ccsc12. The summed E-state index contributed by atoms with van der Waals surface area (Å²) in [5.41, 5.74) is 0.791. The summed E-state index contributed by atoms with van der Waals surface area (Å²) in [4.78, 5) is 21.4. The normalized spacial score (nSPS) is 15.8. The molecule has 0 amide bonds. The summed E-state index contributed by atoms with van der Waals surface area (Å²) in [6.45, 7) is 4.75. The van der Waals surface area contributed by atoms with Crippen LogP contribution in [0.5, 0.6) is 0 Å². The molecular weight excluding hydrogens is 307 g/mol. The van der Waals surface area contributed by atoms with Crippen LogP contribution < -0.4 is 10.9 Å². The molecule has 3 heterocycles. The number of nitrogens with one attached hydrogen (secondary N) is 2. The summed E-state index contributed by atoms with van der Waals surface area (Å²) in [6.07, 6.45) is 0. The zero-order chi connectivity index (χ0) is 11.7. The molecule has 19 heavy (non-hydrogen) atoms. The lowest BCUT2D eigenvalue weighted by Gasteiger charge is -2.26. The molecule has 3 rings (SSSR count). The van der Waals surface area contributed by atoms with Crippen LogP contribution in [-0.4, -0.2) is 41.0 Å². The minimum absolute atomic E-state index is 0. The summed E-state index contributed by atoms with van der Waals surface area (Å²) in [5.74, 6) is 0.766. The number of H-pyrrole nitrogens is 1. The number of aromatic amines is 1. The number of hydrogen-bond donors (Lipinski definition) is 2. The fourth-order valence-corrected chi connectivity index (χ4v) is 2.80.